The summed E-state index contributed by atoms with van der Waals surface area (Å²) < 4.78 is 0. The molecule has 2 amide bonds. The van der Waals surface area contributed by atoms with E-state index in [2.05, 4.69) is 5.32 Å². The first kappa shape index (κ1) is 22.0. The molecule has 0 radical (unpaired) electrons. The topological polar surface area (TPSA) is 130 Å². The van der Waals surface area contributed by atoms with E-state index in [1.807, 2.05) is 0 Å². The first-order valence-electron chi connectivity index (χ1n) is 9.24. The molecule has 0 bridgehead atoms. The van der Waals surface area contributed by atoms with Crippen molar-refractivity contribution >= 4 is 40.6 Å². The van der Waals surface area contributed by atoms with E-state index in [1.165, 1.54) is 60.4 Å². The average Bonchev–Trinajstić information content (AvgIpc) is 2.98. The lowest BCUT2D eigenvalue weighted by Gasteiger charge is -2.25. The van der Waals surface area contributed by atoms with Gasteiger partial charge in [-0.2, -0.15) is 0 Å². The van der Waals surface area contributed by atoms with Gasteiger partial charge in [0.25, 0.3) is 17.4 Å². The Balaban J connectivity index is 2.10. The summed E-state index contributed by atoms with van der Waals surface area (Å²) in [6.45, 7) is 1.42. The number of nitrogens with zero attached hydrogens (tertiary/aromatic N) is 2. The summed E-state index contributed by atoms with van der Waals surface area (Å²) >= 11 is 5.88. The van der Waals surface area contributed by atoms with Crippen molar-refractivity contribution in [2.75, 3.05) is 13.1 Å². The standard InChI is InChI=1S/C21H18ClN3O6/c1-12(26)23-10-11-24-18(13-4-8-16(9-5-13)25(30)31)17(20(28)21(24)29)19(27)14-2-6-15(22)7-3-14/h2-9,18,27H,10-11H2,1H3,(H,23,26)/b19-17+. The first-order chi connectivity index (χ1) is 14.7. The maximum atomic E-state index is 12.8. The summed E-state index contributed by atoms with van der Waals surface area (Å²) in [7, 11) is 0. The third-order valence-corrected chi connectivity index (χ3v) is 5.06. The number of nitro benzene ring substituents is 1. The van der Waals surface area contributed by atoms with Gasteiger partial charge in [-0.25, -0.2) is 0 Å². The Morgan fingerprint density at radius 3 is 2.32 bits per heavy atom. The quantitative estimate of drug-likeness (QED) is 0.232. The van der Waals surface area contributed by atoms with E-state index in [0.717, 1.165) is 0 Å². The van der Waals surface area contributed by atoms with Gasteiger partial charge < -0.3 is 15.3 Å². The highest BCUT2D eigenvalue weighted by Crippen LogP contribution is 2.39. The maximum Gasteiger partial charge on any atom is 0.295 e. The molecule has 2 N–H and O–H groups in total. The number of hydrogen-bond acceptors (Lipinski definition) is 6. The molecule has 10 heteroatoms. The summed E-state index contributed by atoms with van der Waals surface area (Å²) in [5, 5.41) is 24.8. The second-order valence-corrected chi connectivity index (χ2v) is 7.27. The van der Waals surface area contributed by atoms with E-state index in [-0.39, 0.29) is 41.6 Å². The minimum atomic E-state index is -0.981. The number of nitro groups is 1. The molecule has 0 saturated carbocycles. The van der Waals surface area contributed by atoms with Gasteiger partial charge in [0.1, 0.15) is 5.76 Å². The third kappa shape index (κ3) is 4.56. The summed E-state index contributed by atoms with van der Waals surface area (Å²) in [6.07, 6.45) is 0. The Kier molecular flexibility index (Phi) is 6.36. The highest BCUT2D eigenvalue weighted by Gasteiger charge is 2.45. The summed E-state index contributed by atoms with van der Waals surface area (Å²) in [4.78, 5) is 48.4. The normalized spacial score (nSPS) is 17.6. The molecule has 0 aliphatic carbocycles. The van der Waals surface area contributed by atoms with Crippen LogP contribution >= 0.6 is 11.6 Å². The molecular weight excluding hydrogens is 426 g/mol. The zero-order chi connectivity index (χ0) is 22.7. The largest absolute Gasteiger partial charge is 0.507 e. The molecule has 31 heavy (non-hydrogen) atoms. The number of carbonyl (C=O) groups is 3. The predicted octanol–water partition coefficient (Wildman–Crippen LogP) is 2.81. The lowest BCUT2D eigenvalue weighted by Crippen LogP contribution is -2.37. The lowest BCUT2D eigenvalue weighted by molar-refractivity contribution is -0.384. The van der Waals surface area contributed by atoms with Crippen molar-refractivity contribution in [3.63, 3.8) is 0 Å². The zero-order valence-electron chi connectivity index (χ0n) is 16.4. The molecule has 1 heterocycles. The van der Waals surface area contributed by atoms with Gasteiger partial charge in [0, 0.05) is 42.7 Å². The van der Waals surface area contributed by atoms with Crippen LogP contribution < -0.4 is 5.32 Å². The van der Waals surface area contributed by atoms with Crippen molar-refractivity contribution in [2.45, 2.75) is 13.0 Å². The molecule has 1 saturated heterocycles. The number of nitrogens with one attached hydrogen (secondary N) is 1. The number of aliphatic hydroxyl groups excluding tert-OH is 1. The van der Waals surface area contributed by atoms with Gasteiger partial charge in [0.05, 0.1) is 16.5 Å². The number of carbonyl (C=O) groups excluding carboxylic acids is 3. The SMILES string of the molecule is CC(=O)NCCN1C(=O)C(=O)/C(=C(/O)c2ccc(Cl)cc2)C1c1ccc([N+](=O)[O-])cc1. The molecule has 1 aliphatic heterocycles. The van der Waals surface area contributed by atoms with Crippen LogP contribution in [-0.2, 0) is 14.4 Å². The highest BCUT2D eigenvalue weighted by atomic mass is 35.5. The minimum Gasteiger partial charge on any atom is -0.507 e. The number of likely N-dealkylation sites (tertiary alicyclic amines) is 1. The van der Waals surface area contributed by atoms with Crippen molar-refractivity contribution in [2.24, 2.45) is 0 Å². The molecule has 9 nitrogen and oxygen atoms in total. The van der Waals surface area contributed by atoms with Gasteiger partial charge in [0.15, 0.2) is 0 Å². The number of rotatable bonds is 6. The average molecular weight is 444 g/mol. The molecule has 1 unspecified atom stereocenters. The molecule has 2 aromatic carbocycles. The molecule has 1 atom stereocenters. The number of halogens is 1. The third-order valence-electron chi connectivity index (χ3n) is 4.80. The van der Waals surface area contributed by atoms with Crippen LogP contribution in [-0.4, -0.2) is 45.6 Å². The van der Waals surface area contributed by atoms with Crippen molar-refractivity contribution in [3.8, 4) is 0 Å². The van der Waals surface area contributed by atoms with Crippen LogP contribution in [0.3, 0.4) is 0 Å². The molecule has 160 valence electrons. The van der Waals surface area contributed by atoms with Crippen molar-refractivity contribution in [1.82, 2.24) is 10.2 Å². The van der Waals surface area contributed by atoms with Crippen LogP contribution in [0.5, 0.6) is 0 Å². The van der Waals surface area contributed by atoms with Crippen LogP contribution in [0, 0.1) is 10.1 Å². The number of aliphatic hydroxyl groups is 1. The fourth-order valence-corrected chi connectivity index (χ4v) is 3.48. The summed E-state index contributed by atoms with van der Waals surface area (Å²) in [5.74, 6) is -2.42. The van der Waals surface area contributed by atoms with E-state index < -0.39 is 22.7 Å². The summed E-state index contributed by atoms with van der Waals surface area (Å²) in [5.41, 5.74) is 0.389. The van der Waals surface area contributed by atoms with E-state index in [4.69, 9.17) is 11.6 Å². The fourth-order valence-electron chi connectivity index (χ4n) is 3.35. The van der Waals surface area contributed by atoms with Crippen molar-refractivity contribution in [1.29, 1.82) is 0 Å². The molecule has 0 aromatic heterocycles. The van der Waals surface area contributed by atoms with E-state index >= 15 is 0 Å². The van der Waals surface area contributed by atoms with Gasteiger partial charge in [-0.05, 0) is 42.0 Å². The molecule has 1 fully saturated rings. The molecule has 0 spiro atoms. The van der Waals surface area contributed by atoms with Crippen molar-refractivity contribution in [3.05, 3.63) is 80.4 Å². The number of hydrogen-bond donors (Lipinski definition) is 2. The molecule has 1 aliphatic rings. The van der Waals surface area contributed by atoms with Gasteiger partial charge in [-0.3, -0.25) is 24.5 Å². The Hall–Kier alpha value is -3.72. The highest BCUT2D eigenvalue weighted by molar-refractivity contribution is 6.46. The monoisotopic (exact) mass is 443 g/mol. The smallest absolute Gasteiger partial charge is 0.295 e. The van der Waals surface area contributed by atoms with Crippen molar-refractivity contribution < 1.29 is 24.4 Å². The van der Waals surface area contributed by atoms with Crippen LogP contribution in [0.25, 0.3) is 5.76 Å². The molecule has 2 aromatic rings. The van der Waals surface area contributed by atoms with E-state index in [1.54, 1.807) is 0 Å². The van der Waals surface area contributed by atoms with Gasteiger partial charge in [-0.1, -0.05) is 11.6 Å². The van der Waals surface area contributed by atoms with Crippen LogP contribution in [0.2, 0.25) is 5.02 Å². The number of Topliss-reactive ketones (excluding diaryl/α,β-unsaturated/α-hetero) is 1. The second-order valence-electron chi connectivity index (χ2n) is 6.83. The Morgan fingerprint density at radius 1 is 1.16 bits per heavy atom. The van der Waals surface area contributed by atoms with Crippen LogP contribution in [0.1, 0.15) is 24.1 Å². The number of ketones is 1. The zero-order valence-corrected chi connectivity index (χ0v) is 17.1. The van der Waals surface area contributed by atoms with Gasteiger partial charge >= 0.3 is 0 Å². The lowest BCUT2D eigenvalue weighted by atomic mass is 9.95. The van der Waals surface area contributed by atoms with Crippen LogP contribution in [0.15, 0.2) is 54.1 Å². The van der Waals surface area contributed by atoms with E-state index in [0.29, 0.717) is 10.6 Å². The number of non-ortho nitro benzene ring substituents is 1. The Bertz CT molecular complexity index is 1080. The van der Waals surface area contributed by atoms with Crippen LogP contribution in [0.4, 0.5) is 5.69 Å². The van der Waals surface area contributed by atoms with Gasteiger partial charge in [0.2, 0.25) is 5.91 Å². The fraction of sp³-hybridized carbons (Fsp3) is 0.190. The summed E-state index contributed by atoms with van der Waals surface area (Å²) in [6, 6.07) is 10.5. The molecule has 3 rings (SSSR count). The number of benzene rings is 2. The second kappa shape index (κ2) is 8.97. The van der Waals surface area contributed by atoms with E-state index in [9.17, 15) is 29.6 Å². The predicted molar refractivity (Wildman–Crippen MR) is 112 cm³/mol. The molecular formula is C21H18ClN3O6. The Morgan fingerprint density at radius 2 is 1.77 bits per heavy atom. The minimum absolute atomic E-state index is 0.00318. The number of amides is 2. The van der Waals surface area contributed by atoms with Gasteiger partial charge in [-0.15, -0.1) is 0 Å². The Labute approximate surface area is 182 Å². The first-order valence-corrected chi connectivity index (χ1v) is 9.61. The maximum absolute atomic E-state index is 12.8.